The number of esters is 1. The number of rotatable bonds is 53. The van der Waals surface area contributed by atoms with Gasteiger partial charge in [-0.05, 0) is 83.5 Å². The third-order valence-corrected chi connectivity index (χ3v) is 13.0. The second kappa shape index (κ2) is 56.2. The van der Waals surface area contributed by atoms with Crippen LogP contribution in [-0.2, 0) is 14.3 Å². The summed E-state index contributed by atoms with van der Waals surface area (Å²) in [5, 5.41) is 23.0. The van der Waals surface area contributed by atoms with Crippen molar-refractivity contribution >= 4 is 11.9 Å². The number of amides is 1. The molecule has 6 nitrogen and oxygen atoms in total. The summed E-state index contributed by atoms with van der Waals surface area (Å²) in [4.78, 5) is 24.4. The number of carbonyl (C=O) groups is 2. The number of hydrogen-bond acceptors (Lipinski definition) is 5. The summed E-state index contributed by atoms with van der Waals surface area (Å²) >= 11 is 0. The van der Waals surface area contributed by atoms with Crippen molar-refractivity contribution < 1.29 is 24.5 Å². The van der Waals surface area contributed by atoms with Gasteiger partial charge in [-0.3, -0.25) is 9.59 Å². The maximum Gasteiger partial charge on any atom is 0.305 e. The molecule has 2 atom stereocenters. The number of aliphatic hydroxyl groups is 2. The lowest BCUT2D eigenvalue weighted by Crippen LogP contribution is -2.45. The van der Waals surface area contributed by atoms with E-state index >= 15 is 0 Å². The Bertz CT molecular complexity index is 1170. The molecule has 0 aromatic carbocycles. The molecule has 0 saturated heterocycles. The molecule has 0 saturated carbocycles. The highest BCUT2D eigenvalue weighted by atomic mass is 16.5. The molecule has 3 N–H and O–H groups in total. The van der Waals surface area contributed by atoms with Crippen LogP contribution in [0.4, 0.5) is 0 Å². The molecule has 0 bridgehead atoms. The van der Waals surface area contributed by atoms with Crippen LogP contribution in [0.3, 0.4) is 0 Å². The quantitative estimate of drug-likeness (QED) is 0.0321. The maximum atomic E-state index is 12.4. The standard InChI is InChI=1S/C61H111NO5/c1-3-5-7-9-11-13-15-16-17-18-22-26-29-32-35-39-43-47-51-55-61(66)67-56-52-48-44-40-36-33-30-27-24-21-19-20-23-25-28-31-34-38-42-46-50-54-60(65)62-58(57-63)59(64)53-49-45-41-37-14-12-10-8-6-4-2/h11,13,16-17,33,36,44,48-49,53,58-59,63-64H,3-10,12,14-15,18-32,34-35,37-43,45-47,50-52,54-57H2,1-2H3,(H,62,65)/b13-11-,17-16-,36-33-,48-44-,53-49+. The summed E-state index contributed by atoms with van der Waals surface area (Å²) in [6.45, 7) is 4.74. The lowest BCUT2D eigenvalue weighted by molar-refractivity contribution is -0.143. The summed E-state index contributed by atoms with van der Waals surface area (Å²) in [7, 11) is 0. The van der Waals surface area contributed by atoms with Crippen molar-refractivity contribution in [1.29, 1.82) is 0 Å². The summed E-state index contributed by atoms with van der Waals surface area (Å²) in [6.07, 6.45) is 72.7. The van der Waals surface area contributed by atoms with E-state index in [1.165, 1.54) is 205 Å². The van der Waals surface area contributed by atoms with Gasteiger partial charge in [-0.2, -0.15) is 0 Å². The number of unbranched alkanes of at least 4 members (excludes halogenated alkanes) is 34. The molecule has 0 aliphatic heterocycles. The van der Waals surface area contributed by atoms with E-state index in [0.29, 0.717) is 19.4 Å². The first-order valence-electron chi connectivity index (χ1n) is 29.1. The van der Waals surface area contributed by atoms with Crippen LogP contribution in [0.1, 0.15) is 290 Å². The average Bonchev–Trinajstić information content (AvgIpc) is 3.33. The van der Waals surface area contributed by atoms with Gasteiger partial charge < -0.3 is 20.3 Å². The predicted octanol–water partition coefficient (Wildman–Crippen LogP) is 18.0. The highest BCUT2D eigenvalue weighted by Gasteiger charge is 2.18. The molecule has 6 heteroatoms. The van der Waals surface area contributed by atoms with Crippen LogP contribution >= 0.6 is 0 Å². The minimum absolute atomic E-state index is 0.0405. The van der Waals surface area contributed by atoms with Gasteiger partial charge in [0.2, 0.25) is 5.91 Å². The third-order valence-electron chi connectivity index (χ3n) is 13.0. The largest absolute Gasteiger partial charge is 0.465 e. The van der Waals surface area contributed by atoms with Gasteiger partial charge in [-0.15, -0.1) is 0 Å². The molecule has 1 amide bonds. The SMILES string of the molecule is CCCCC/C=C\C/C=C\CCCCCCCCCCCC(=O)OCC/C=C\C/C=C\CCCCCCCCCCCCCCCCC(=O)NC(CO)C(O)/C=C/CCCCCCCCCC. The number of hydrogen-bond donors (Lipinski definition) is 3. The van der Waals surface area contributed by atoms with E-state index in [0.717, 1.165) is 57.8 Å². The lowest BCUT2D eigenvalue weighted by Gasteiger charge is -2.20. The van der Waals surface area contributed by atoms with Crippen LogP contribution in [0.5, 0.6) is 0 Å². The van der Waals surface area contributed by atoms with Gasteiger partial charge in [-0.1, -0.05) is 254 Å². The Morgan fingerprint density at radius 1 is 0.418 bits per heavy atom. The molecule has 0 aromatic heterocycles. The van der Waals surface area contributed by atoms with Crippen molar-refractivity contribution in [3.05, 3.63) is 60.8 Å². The molecule has 0 aromatic rings. The minimum Gasteiger partial charge on any atom is -0.465 e. The third kappa shape index (κ3) is 52.8. The van der Waals surface area contributed by atoms with Gasteiger partial charge in [0.15, 0.2) is 0 Å². The number of aliphatic hydroxyl groups excluding tert-OH is 2. The fraction of sp³-hybridized carbons (Fsp3) is 0.803. The van der Waals surface area contributed by atoms with Gasteiger partial charge in [0.05, 0.1) is 25.4 Å². The topological polar surface area (TPSA) is 95.9 Å². The molecule has 0 fully saturated rings. The number of allylic oxidation sites excluding steroid dienone is 8. The lowest BCUT2D eigenvalue weighted by atomic mass is 10.0. The van der Waals surface area contributed by atoms with Crippen LogP contribution in [0, 0.1) is 0 Å². The summed E-state index contributed by atoms with van der Waals surface area (Å²) in [5.41, 5.74) is 0. The molecule has 0 radical (unpaired) electrons. The van der Waals surface area contributed by atoms with E-state index in [2.05, 4.69) is 67.8 Å². The Kier molecular flexibility index (Phi) is 54.1. The van der Waals surface area contributed by atoms with Crippen molar-refractivity contribution in [2.45, 2.75) is 302 Å². The van der Waals surface area contributed by atoms with Crippen molar-refractivity contribution in [2.24, 2.45) is 0 Å². The Labute approximate surface area is 416 Å². The molecule has 390 valence electrons. The first-order chi connectivity index (χ1) is 33.0. The van der Waals surface area contributed by atoms with Crippen molar-refractivity contribution in [1.82, 2.24) is 5.32 Å². The van der Waals surface area contributed by atoms with E-state index in [4.69, 9.17) is 4.74 Å². The Balaban J connectivity index is 3.46. The molecular formula is C61H111NO5. The van der Waals surface area contributed by atoms with Gasteiger partial charge >= 0.3 is 5.97 Å². The Morgan fingerprint density at radius 3 is 1.16 bits per heavy atom. The van der Waals surface area contributed by atoms with Crippen molar-refractivity contribution in [3.8, 4) is 0 Å². The maximum absolute atomic E-state index is 12.4. The predicted molar refractivity (Wildman–Crippen MR) is 292 cm³/mol. The minimum atomic E-state index is -0.847. The second-order valence-electron chi connectivity index (χ2n) is 19.6. The van der Waals surface area contributed by atoms with Crippen LogP contribution in [0.2, 0.25) is 0 Å². The van der Waals surface area contributed by atoms with Crippen molar-refractivity contribution in [3.63, 3.8) is 0 Å². The fourth-order valence-corrected chi connectivity index (χ4v) is 8.56. The number of ether oxygens (including phenoxy) is 1. The Hall–Kier alpha value is -2.44. The molecule has 0 rings (SSSR count). The van der Waals surface area contributed by atoms with E-state index in [9.17, 15) is 19.8 Å². The number of carbonyl (C=O) groups excluding carboxylic acids is 2. The molecule has 0 heterocycles. The van der Waals surface area contributed by atoms with Crippen LogP contribution in [-0.4, -0.2) is 47.4 Å². The van der Waals surface area contributed by atoms with E-state index in [1.54, 1.807) is 6.08 Å². The van der Waals surface area contributed by atoms with E-state index < -0.39 is 12.1 Å². The fourth-order valence-electron chi connectivity index (χ4n) is 8.56. The highest BCUT2D eigenvalue weighted by molar-refractivity contribution is 5.76. The van der Waals surface area contributed by atoms with Gasteiger partial charge in [0.25, 0.3) is 0 Å². The first kappa shape index (κ1) is 64.6. The zero-order valence-corrected chi connectivity index (χ0v) is 44.4. The molecule has 67 heavy (non-hydrogen) atoms. The second-order valence-corrected chi connectivity index (χ2v) is 19.6. The van der Waals surface area contributed by atoms with Gasteiger partial charge in [-0.25, -0.2) is 0 Å². The normalized spacial score (nSPS) is 13.1. The van der Waals surface area contributed by atoms with E-state index in [1.807, 2.05) is 6.08 Å². The molecule has 0 aliphatic carbocycles. The van der Waals surface area contributed by atoms with Gasteiger partial charge in [0, 0.05) is 12.8 Å². The summed E-state index contributed by atoms with van der Waals surface area (Å²) in [6, 6.07) is -0.631. The van der Waals surface area contributed by atoms with E-state index in [-0.39, 0.29) is 18.5 Å². The highest BCUT2D eigenvalue weighted by Crippen LogP contribution is 2.16. The zero-order chi connectivity index (χ0) is 48.6. The zero-order valence-electron chi connectivity index (χ0n) is 44.4. The van der Waals surface area contributed by atoms with Crippen molar-refractivity contribution in [2.75, 3.05) is 13.2 Å². The van der Waals surface area contributed by atoms with Crippen LogP contribution < -0.4 is 5.32 Å². The van der Waals surface area contributed by atoms with Crippen LogP contribution in [0.25, 0.3) is 0 Å². The first-order valence-corrected chi connectivity index (χ1v) is 29.1. The smallest absolute Gasteiger partial charge is 0.305 e. The molecule has 2 unspecified atom stereocenters. The van der Waals surface area contributed by atoms with Gasteiger partial charge in [0.1, 0.15) is 0 Å². The molecular weight excluding hydrogens is 827 g/mol. The summed E-state index contributed by atoms with van der Waals surface area (Å²) < 4.78 is 5.43. The van der Waals surface area contributed by atoms with Crippen LogP contribution in [0.15, 0.2) is 60.8 Å². The Morgan fingerprint density at radius 2 is 0.746 bits per heavy atom. The molecule has 0 aliphatic rings. The molecule has 0 spiro atoms. The monoisotopic (exact) mass is 938 g/mol. The average molecular weight is 939 g/mol. The summed E-state index contributed by atoms with van der Waals surface area (Å²) in [5.74, 6) is -0.116. The number of nitrogens with one attached hydrogen (secondary N) is 1.